The largest absolute Gasteiger partial charge is 0.479 e. The van der Waals surface area contributed by atoms with E-state index in [4.69, 9.17) is 5.11 Å². The van der Waals surface area contributed by atoms with Crippen molar-refractivity contribution in [3.8, 4) is 0 Å². The second-order valence-corrected chi connectivity index (χ2v) is 4.87. The van der Waals surface area contributed by atoms with Crippen molar-refractivity contribution in [1.82, 2.24) is 5.32 Å². The number of halogens is 5. The Balaban J connectivity index is 3.09. The first-order valence-corrected chi connectivity index (χ1v) is 5.86. The lowest BCUT2D eigenvalue weighted by molar-refractivity contribution is -0.203. The summed E-state index contributed by atoms with van der Waals surface area (Å²) in [4.78, 5) is 22.4. The average molecular weight is 358 g/mol. The van der Waals surface area contributed by atoms with Crippen molar-refractivity contribution in [2.24, 2.45) is 0 Å². The van der Waals surface area contributed by atoms with Gasteiger partial charge in [0, 0.05) is 5.56 Å². The third-order valence-electron chi connectivity index (χ3n) is 2.54. The van der Waals surface area contributed by atoms with Crippen LogP contribution in [-0.4, -0.2) is 28.7 Å². The molecular weight excluding hydrogens is 350 g/mol. The first-order chi connectivity index (χ1) is 8.99. The van der Waals surface area contributed by atoms with Crippen molar-refractivity contribution < 1.29 is 32.3 Å². The molecule has 2 N–H and O–H groups in total. The van der Waals surface area contributed by atoms with E-state index in [0.29, 0.717) is 13.0 Å². The number of carbonyl (C=O) groups excluding carboxylic acids is 1. The molecule has 0 aromatic heterocycles. The Hall–Kier alpha value is -1.64. The van der Waals surface area contributed by atoms with Crippen molar-refractivity contribution >= 4 is 27.8 Å². The van der Waals surface area contributed by atoms with E-state index < -0.39 is 35.0 Å². The van der Waals surface area contributed by atoms with Gasteiger partial charge in [-0.2, -0.15) is 13.2 Å². The summed E-state index contributed by atoms with van der Waals surface area (Å²) in [6, 6.07) is 2.87. The Morgan fingerprint density at radius 3 is 2.25 bits per heavy atom. The topological polar surface area (TPSA) is 66.4 Å². The highest BCUT2D eigenvalue weighted by Crippen LogP contribution is 2.30. The first kappa shape index (κ1) is 16.4. The van der Waals surface area contributed by atoms with Crippen LogP contribution in [0, 0.1) is 5.82 Å². The van der Waals surface area contributed by atoms with Crippen LogP contribution in [0.4, 0.5) is 17.6 Å². The molecular formula is C11H8BrF4NO3. The van der Waals surface area contributed by atoms with Crippen LogP contribution in [0.5, 0.6) is 0 Å². The highest BCUT2D eigenvalue weighted by atomic mass is 79.9. The van der Waals surface area contributed by atoms with Gasteiger partial charge in [-0.1, -0.05) is 0 Å². The summed E-state index contributed by atoms with van der Waals surface area (Å²) >= 11 is 2.81. The molecule has 1 unspecified atom stereocenters. The van der Waals surface area contributed by atoms with Crippen LogP contribution in [0.25, 0.3) is 0 Å². The van der Waals surface area contributed by atoms with Crippen LogP contribution in [-0.2, 0) is 4.79 Å². The van der Waals surface area contributed by atoms with E-state index >= 15 is 0 Å². The molecule has 0 saturated carbocycles. The van der Waals surface area contributed by atoms with Gasteiger partial charge in [-0.25, -0.2) is 9.18 Å². The molecule has 0 aliphatic heterocycles. The van der Waals surface area contributed by atoms with E-state index in [1.165, 1.54) is 5.32 Å². The molecule has 1 rings (SSSR count). The number of rotatable bonds is 3. The molecule has 0 heterocycles. The molecule has 0 aliphatic rings. The second-order valence-electron chi connectivity index (χ2n) is 4.01. The third-order valence-corrected chi connectivity index (χ3v) is 3.18. The summed E-state index contributed by atoms with van der Waals surface area (Å²) in [6.07, 6.45) is -5.21. The molecule has 0 spiro atoms. The predicted octanol–water partition coefficient (Wildman–Crippen LogP) is 2.72. The van der Waals surface area contributed by atoms with E-state index in [9.17, 15) is 27.2 Å². The highest BCUT2D eigenvalue weighted by Gasteiger charge is 2.58. The lowest BCUT2D eigenvalue weighted by atomic mass is 10.0. The number of carboxylic acid groups (broad SMARTS) is 1. The maximum absolute atomic E-state index is 13.2. The number of benzene rings is 1. The summed E-state index contributed by atoms with van der Waals surface area (Å²) in [5, 5.41) is 10.00. The van der Waals surface area contributed by atoms with Crippen LogP contribution in [0.15, 0.2) is 22.7 Å². The molecule has 9 heteroatoms. The molecule has 110 valence electrons. The molecule has 0 saturated heterocycles. The van der Waals surface area contributed by atoms with Gasteiger partial charge < -0.3 is 10.4 Å². The monoisotopic (exact) mass is 357 g/mol. The molecule has 0 aliphatic carbocycles. The maximum Gasteiger partial charge on any atom is 0.422 e. The first-order valence-electron chi connectivity index (χ1n) is 5.06. The number of amides is 1. The van der Waals surface area contributed by atoms with E-state index in [1.54, 1.807) is 0 Å². The van der Waals surface area contributed by atoms with Crippen molar-refractivity contribution in [3.63, 3.8) is 0 Å². The maximum atomic E-state index is 13.2. The minimum absolute atomic E-state index is 0.0193. The smallest absolute Gasteiger partial charge is 0.422 e. The zero-order valence-corrected chi connectivity index (χ0v) is 11.5. The van der Waals surface area contributed by atoms with Gasteiger partial charge in [0.05, 0.1) is 4.47 Å². The van der Waals surface area contributed by atoms with E-state index in [0.717, 1.165) is 12.1 Å². The van der Waals surface area contributed by atoms with Gasteiger partial charge in [-0.15, -0.1) is 0 Å². The third kappa shape index (κ3) is 3.09. The lowest BCUT2D eigenvalue weighted by Gasteiger charge is -2.28. The van der Waals surface area contributed by atoms with Crippen molar-refractivity contribution in [3.05, 3.63) is 34.1 Å². The predicted molar refractivity (Wildman–Crippen MR) is 63.7 cm³/mol. The van der Waals surface area contributed by atoms with E-state index in [2.05, 4.69) is 15.9 Å². The Kier molecular flexibility index (Phi) is 4.42. The Morgan fingerprint density at radius 1 is 1.30 bits per heavy atom. The Labute approximate surface area is 118 Å². The van der Waals surface area contributed by atoms with Crippen LogP contribution in [0.1, 0.15) is 17.3 Å². The fraction of sp³-hybridized carbons (Fsp3) is 0.273. The van der Waals surface area contributed by atoms with Gasteiger partial charge in [0.2, 0.25) is 5.54 Å². The molecule has 1 aromatic rings. The molecule has 4 nitrogen and oxygen atoms in total. The number of hydrogen-bond donors (Lipinski definition) is 2. The normalized spacial score (nSPS) is 14.5. The number of hydrogen-bond acceptors (Lipinski definition) is 2. The minimum atomic E-state index is -5.21. The minimum Gasteiger partial charge on any atom is -0.479 e. The van der Waals surface area contributed by atoms with E-state index in [1.807, 2.05) is 0 Å². The quantitative estimate of drug-likeness (QED) is 0.817. The summed E-state index contributed by atoms with van der Waals surface area (Å²) in [7, 11) is 0. The Morgan fingerprint density at radius 2 is 1.85 bits per heavy atom. The average Bonchev–Trinajstić information content (AvgIpc) is 2.30. The number of carboxylic acids is 1. The summed E-state index contributed by atoms with van der Waals surface area (Å²) in [5.74, 6) is -4.48. The fourth-order valence-electron chi connectivity index (χ4n) is 1.18. The van der Waals surface area contributed by atoms with Crippen LogP contribution >= 0.6 is 15.9 Å². The zero-order valence-electron chi connectivity index (χ0n) is 9.89. The molecule has 1 amide bonds. The van der Waals surface area contributed by atoms with Crippen molar-refractivity contribution in [1.29, 1.82) is 0 Å². The second kappa shape index (κ2) is 5.39. The van der Waals surface area contributed by atoms with E-state index in [-0.39, 0.29) is 4.47 Å². The highest BCUT2D eigenvalue weighted by molar-refractivity contribution is 9.10. The molecule has 1 aromatic carbocycles. The SMILES string of the molecule is CC(NC(=O)c1ccc(Br)c(F)c1)(C(=O)O)C(F)(F)F. The van der Waals surface area contributed by atoms with Crippen LogP contribution in [0.3, 0.4) is 0 Å². The van der Waals surface area contributed by atoms with Gasteiger partial charge in [0.25, 0.3) is 5.91 Å². The zero-order chi connectivity index (χ0) is 15.7. The number of aliphatic carboxylic acids is 1. The summed E-state index contributed by atoms with van der Waals surface area (Å²) < 4.78 is 51.3. The van der Waals surface area contributed by atoms with Crippen LogP contribution in [0.2, 0.25) is 0 Å². The number of alkyl halides is 3. The number of carbonyl (C=O) groups is 2. The summed E-state index contributed by atoms with van der Waals surface area (Å²) in [5.41, 5.74) is -3.89. The Bertz CT molecular complexity index is 561. The molecule has 0 radical (unpaired) electrons. The van der Waals surface area contributed by atoms with Crippen molar-refractivity contribution in [2.45, 2.75) is 18.6 Å². The molecule has 20 heavy (non-hydrogen) atoms. The van der Waals surface area contributed by atoms with Gasteiger partial charge in [-0.05, 0) is 41.1 Å². The van der Waals surface area contributed by atoms with Gasteiger partial charge in [0.1, 0.15) is 5.82 Å². The molecule has 0 bridgehead atoms. The summed E-state index contributed by atoms with van der Waals surface area (Å²) in [6.45, 7) is 0.308. The molecule has 1 atom stereocenters. The number of nitrogens with one attached hydrogen (secondary N) is 1. The fourth-order valence-corrected chi connectivity index (χ4v) is 1.43. The van der Waals surface area contributed by atoms with Crippen molar-refractivity contribution in [2.75, 3.05) is 0 Å². The van der Waals surface area contributed by atoms with Gasteiger partial charge in [0.15, 0.2) is 0 Å². The standard InChI is InChI=1S/C11H8BrF4NO3/c1-10(9(19)20,11(14,15)16)17-8(18)5-2-3-6(12)7(13)4-5/h2-4H,1H3,(H,17,18)(H,19,20). The van der Waals surface area contributed by atoms with Crippen LogP contribution < -0.4 is 5.32 Å². The molecule has 0 fully saturated rings. The lowest BCUT2D eigenvalue weighted by Crippen LogP contribution is -2.61. The van der Waals surface area contributed by atoms with Gasteiger partial charge in [-0.3, -0.25) is 4.79 Å². The van der Waals surface area contributed by atoms with Gasteiger partial charge >= 0.3 is 12.1 Å².